The van der Waals surface area contributed by atoms with Crippen molar-refractivity contribution >= 4 is 11.8 Å². The predicted molar refractivity (Wildman–Crippen MR) is 96.1 cm³/mol. The maximum Gasteiger partial charge on any atom is 0.435 e. The van der Waals surface area contributed by atoms with E-state index in [0.29, 0.717) is 4.68 Å². The van der Waals surface area contributed by atoms with Crippen LogP contribution in [-0.4, -0.2) is 62.8 Å². The third-order valence-electron chi connectivity index (χ3n) is 5.55. The molecule has 0 N–H and O–H groups in total. The highest BCUT2D eigenvalue weighted by atomic mass is 19.4. The monoisotopic (exact) mass is 425 g/mol. The minimum absolute atomic E-state index is 0.0275. The van der Waals surface area contributed by atoms with E-state index >= 15 is 0 Å². The molecule has 2 fully saturated rings. The Labute approximate surface area is 169 Å². The van der Waals surface area contributed by atoms with E-state index in [2.05, 4.69) is 10.3 Å². The first-order chi connectivity index (χ1) is 14.3. The molecule has 0 bridgehead atoms. The Morgan fingerprint density at radius 3 is 2.10 bits per heavy atom. The molecule has 2 aromatic rings. The van der Waals surface area contributed by atoms with Crippen LogP contribution >= 0.6 is 0 Å². The third-order valence-corrected chi connectivity index (χ3v) is 5.55. The Morgan fingerprint density at radius 1 is 0.967 bits per heavy atom. The number of halogens is 4. The summed E-state index contributed by atoms with van der Waals surface area (Å²) >= 11 is 0. The maximum absolute atomic E-state index is 13.7. The van der Waals surface area contributed by atoms with Gasteiger partial charge in [0.05, 0.1) is 5.69 Å². The fourth-order valence-corrected chi connectivity index (χ4v) is 3.64. The van der Waals surface area contributed by atoms with E-state index in [4.69, 9.17) is 0 Å². The molecule has 1 saturated carbocycles. The fraction of sp³-hybridized carbons (Fsp3) is 0.474. The first-order valence-electron chi connectivity index (χ1n) is 9.62. The maximum atomic E-state index is 13.7. The molecule has 160 valence electrons. The van der Waals surface area contributed by atoms with Crippen LogP contribution < -0.4 is 0 Å². The van der Waals surface area contributed by atoms with Crippen molar-refractivity contribution in [2.45, 2.75) is 25.4 Å². The van der Waals surface area contributed by atoms with Crippen LogP contribution in [0.15, 0.2) is 24.3 Å². The Balaban J connectivity index is 1.54. The number of rotatable bonds is 3. The molecule has 0 unspecified atom stereocenters. The smallest absolute Gasteiger partial charge is 0.339 e. The quantitative estimate of drug-likeness (QED) is 0.709. The molecule has 0 atom stereocenters. The lowest BCUT2D eigenvalue weighted by Gasteiger charge is -2.38. The van der Waals surface area contributed by atoms with E-state index in [0.717, 1.165) is 43.5 Å². The van der Waals surface area contributed by atoms with E-state index in [1.807, 2.05) is 0 Å². The van der Waals surface area contributed by atoms with Crippen molar-refractivity contribution in [1.29, 1.82) is 0 Å². The van der Waals surface area contributed by atoms with Gasteiger partial charge >= 0.3 is 6.18 Å². The number of amides is 2. The van der Waals surface area contributed by atoms with Gasteiger partial charge in [-0.3, -0.25) is 9.59 Å². The number of nitrogens with zero attached hydrogens (tertiary/aromatic N) is 5. The second kappa shape index (κ2) is 7.69. The highest BCUT2D eigenvalue weighted by Crippen LogP contribution is 2.33. The lowest BCUT2D eigenvalue weighted by Crippen LogP contribution is -2.52. The largest absolute Gasteiger partial charge is 0.435 e. The molecule has 0 radical (unpaired) electrons. The number of alkyl halides is 3. The van der Waals surface area contributed by atoms with Crippen LogP contribution in [0.25, 0.3) is 5.69 Å². The van der Waals surface area contributed by atoms with Crippen LogP contribution in [-0.2, 0) is 11.0 Å². The number of carbonyl (C=O) groups excluding carboxylic acids is 2. The van der Waals surface area contributed by atoms with Gasteiger partial charge in [-0.1, -0.05) is 11.6 Å². The molecule has 1 aromatic carbocycles. The van der Waals surface area contributed by atoms with Crippen LogP contribution in [0.2, 0.25) is 0 Å². The number of hydrogen-bond donors (Lipinski definition) is 0. The zero-order valence-electron chi connectivity index (χ0n) is 15.9. The van der Waals surface area contributed by atoms with Crippen molar-refractivity contribution in [3.63, 3.8) is 0 Å². The molecule has 1 aliphatic heterocycles. The van der Waals surface area contributed by atoms with Crippen molar-refractivity contribution in [1.82, 2.24) is 24.8 Å². The molecular weight excluding hydrogens is 406 g/mol. The van der Waals surface area contributed by atoms with Crippen LogP contribution in [0.4, 0.5) is 17.6 Å². The number of carbonyl (C=O) groups is 2. The van der Waals surface area contributed by atoms with Gasteiger partial charge in [0.2, 0.25) is 5.91 Å². The van der Waals surface area contributed by atoms with E-state index in [1.54, 1.807) is 4.90 Å². The minimum Gasteiger partial charge on any atom is -0.339 e. The molecule has 1 aliphatic carbocycles. The van der Waals surface area contributed by atoms with Crippen molar-refractivity contribution in [3.05, 3.63) is 41.5 Å². The first kappa shape index (κ1) is 20.3. The van der Waals surface area contributed by atoms with Gasteiger partial charge in [0.25, 0.3) is 5.91 Å². The summed E-state index contributed by atoms with van der Waals surface area (Å²) in [6.07, 6.45) is -2.15. The molecule has 0 spiro atoms. The highest BCUT2D eigenvalue weighted by Gasteiger charge is 2.43. The van der Waals surface area contributed by atoms with Crippen LogP contribution in [0, 0.1) is 11.7 Å². The van der Waals surface area contributed by atoms with Crippen molar-refractivity contribution in [3.8, 4) is 5.69 Å². The molecule has 7 nitrogen and oxygen atoms in total. The van der Waals surface area contributed by atoms with Gasteiger partial charge in [0, 0.05) is 32.1 Å². The Kier molecular flexibility index (Phi) is 5.20. The Bertz CT molecular complexity index is 945. The number of piperazine rings is 1. The summed E-state index contributed by atoms with van der Waals surface area (Å²) in [7, 11) is 0. The number of hydrogen-bond acceptors (Lipinski definition) is 4. The fourth-order valence-electron chi connectivity index (χ4n) is 3.64. The molecular formula is C19H19F4N5O2. The Morgan fingerprint density at radius 2 is 1.57 bits per heavy atom. The summed E-state index contributed by atoms with van der Waals surface area (Å²) in [6.45, 7) is 0.791. The molecule has 2 heterocycles. The highest BCUT2D eigenvalue weighted by molar-refractivity contribution is 5.94. The summed E-state index contributed by atoms with van der Waals surface area (Å²) in [5.41, 5.74) is -2.19. The molecule has 30 heavy (non-hydrogen) atoms. The lowest BCUT2D eigenvalue weighted by molar-refractivity contribution is -0.143. The lowest BCUT2D eigenvalue weighted by atomic mass is 9.84. The van der Waals surface area contributed by atoms with Crippen LogP contribution in [0.1, 0.15) is 35.4 Å². The van der Waals surface area contributed by atoms with Crippen molar-refractivity contribution in [2.24, 2.45) is 5.92 Å². The first-order valence-corrected chi connectivity index (χ1v) is 9.62. The number of benzene rings is 1. The molecule has 4 rings (SSSR count). The minimum atomic E-state index is -4.90. The summed E-state index contributed by atoms with van der Waals surface area (Å²) in [6, 6.07) is 4.24. The third kappa shape index (κ3) is 3.75. The molecule has 1 aromatic heterocycles. The van der Waals surface area contributed by atoms with E-state index in [1.165, 1.54) is 4.90 Å². The van der Waals surface area contributed by atoms with Crippen molar-refractivity contribution < 1.29 is 27.2 Å². The average Bonchev–Trinajstić information content (AvgIpc) is 3.12. The SMILES string of the molecule is O=C(c1nnn(-c2ccc(F)cc2)c1C(F)(F)F)N1CCN(C(=O)C2CCC2)CC1. The summed E-state index contributed by atoms with van der Waals surface area (Å²) in [4.78, 5) is 28.0. The standard InChI is InChI=1S/C19H19F4N5O2/c20-13-4-6-14(7-5-13)28-16(19(21,22)23)15(24-25-28)18(30)27-10-8-26(9-11-27)17(29)12-2-1-3-12/h4-7,12H,1-3,8-11H2. The van der Waals surface area contributed by atoms with Crippen molar-refractivity contribution in [2.75, 3.05) is 26.2 Å². The zero-order valence-corrected chi connectivity index (χ0v) is 15.9. The predicted octanol–water partition coefficient (Wildman–Crippen LogP) is 2.51. The van der Waals surface area contributed by atoms with E-state index in [9.17, 15) is 27.2 Å². The summed E-state index contributed by atoms with van der Waals surface area (Å²) < 4.78 is 54.8. The summed E-state index contributed by atoms with van der Waals surface area (Å²) in [5, 5.41) is 6.98. The molecule has 2 aliphatic rings. The van der Waals surface area contributed by atoms with Gasteiger partial charge in [-0.05, 0) is 37.1 Å². The number of aromatic nitrogens is 3. The normalized spacial score (nSPS) is 17.7. The van der Waals surface area contributed by atoms with Gasteiger partial charge in [0.1, 0.15) is 5.82 Å². The van der Waals surface area contributed by atoms with Gasteiger partial charge in [-0.2, -0.15) is 13.2 Å². The second-order valence-corrected chi connectivity index (χ2v) is 7.42. The molecule has 11 heteroatoms. The van der Waals surface area contributed by atoms with Gasteiger partial charge < -0.3 is 9.80 Å². The van der Waals surface area contributed by atoms with Crippen LogP contribution in [0.3, 0.4) is 0 Å². The topological polar surface area (TPSA) is 71.3 Å². The van der Waals surface area contributed by atoms with Gasteiger partial charge in [-0.15, -0.1) is 5.10 Å². The summed E-state index contributed by atoms with van der Waals surface area (Å²) in [5.74, 6) is -1.43. The second-order valence-electron chi connectivity index (χ2n) is 7.42. The van der Waals surface area contributed by atoms with Crippen LogP contribution in [0.5, 0.6) is 0 Å². The Hall–Kier alpha value is -2.98. The van der Waals surface area contributed by atoms with Gasteiger partial charge in [-0.25, -0.2) is 9.07 Å². The molecule has 1 saturated heterocycles. The van der Waals surface area contributed by atoms with E-state index < -0.39 is 29.3 Å². The van der Waals surface area contributed by atoms with E-state index in [-0.39, 0.29) is 43.7 Å². The van der Waals surface area contributed by atoms with Gasteiger partial charge in [0.15, 0.2) is 11.4 Å². The average molecular weight is 425 g/mol. The zero-order chi connectivity index (χ0) is 21.5. The molecule has 2 amide bonds.